The van der Waals surface area contributed by atoms with Crippen LogP contribution in [0, 0.1) is 5.92 Å². The van der Waals surface area contributed by atoms with Gasteiger partial charge in [-0.05, 0) is 24.0 Å². The number of nitrogens with zero attached hydrogens (tertiary/aromatic N) is 2. The van der Waals surface area contributed by atoms with Gasteiger partial charge in [0.15, 0.2) is 5.96 Å². The van der Waals surface area contributed by atoms with E-state index in [2.05, 4.69) is 29.5 Å². The average Bonchev–Trinajstić information content (AvgIpc) is 2.50. The van der Waals surface area contributed by atoms with Crippen molar-refractivity contribution in [3.63, 3.8) is 0 Å². The maximum atomic E-state index is 11.7. The van der Waals surface area contributed by atoms with Gasteiger partial charge in [-0.15, -0.1) is 24.0 Å². The van der Waals surface area contributed by atoms with Crippen LogP contribution in [0.15, 0.2) is 29.3 Å². The number of amides is 1. The zero-order valence-electron chi connectivity index (χ0n) is 14.8. The fourth-order valence-electron chi connectivity index (χ4n) is 1.78. The number of likely N-dealkylation sites (N-methyl/N-ethyl adjacent to an activating group) is 1. The lowest BCUT2D eigenvalue weighted by molar-refractivity contribution is -0.127. The summed E-state index contributed by atoms with van der Waals surface area (Å²) in [6, 6.07) is 7.79. The van der Waals surface area contributed by atoms with E-state index in [9.17, 15) is 4.79 Å². The summed E-state index contributed by atoms with van der Waals surface area (Å²) in [5, 5.41) is 7.27. The van der Waals surface area contributed by atoms with Crippen molar-refractivity contribution >= 4 is 47.4 Å². The molecule has 0 aliphatic rings. The van der Waals surface area contributed by atoms with E-state index in [1.54, 1.807) is 14.1 Å². The van der Waals surface area contributed by atoms with Crippen LogP contribution in [0.4, 0.5) is 0 Å². The van der Waals surface area contributed by atoms with Crippen LogP contribution in [0.2, 0.25) is 5.02 Å². The zero-order chi connectivity index (χ0) is 17.2. The molecule has 0 aliphatic heterocycles. The molecule has 1 rings (SSSR count). The molecule has 2 N–H and O–H groups in total. The molecule has 7 heteroatoms. The van der Waals surface area contributed by atoms with Gasteiger partial charge in [0.05, 0.1) is 0 Å². The molecule has 5 nitrogen and oxygen atoms in total. The van der Waals surface area contributed by atoms with E-state index in [-0.39, 0.29) is 36.4 Å². The van der Waals surface area contributed by atoms with E-state index >= 15 is 0 Å². The molecule has 0 unspecified atom stereocenters. The second-order valence-electron chi connectivity index (χ2n) is 6.00. The summed E-state index contributed by atoms with van der Waals surface area (Å²) in [7, 11) is 3.45. The first-order valence-electron chi connectivity index (χ1n) is 7.86. The number of aliphatic imine (C=N–C) groups is 1. The Bertz CT molecular complexity index is 535. The summed E-state index contributed by atoms with van der Waals surface area (Å²) in [6.07, 6.45) is 0.795. The molecule has 1 aromatic rings. The normalized spacial score (nSPS) is 11.0. The third kappa shape index (κ3) is 9.32. The Kier molecular flexibility index (Phi) is 11.8. The molecule has 0 saturated carbocycles. The van der Waals surface area contributed by atoms with E-state index in [0.717, 1.165) is 23.6 Å². The van der Waals surface area contributed by atoms with Gasteiger partial charge in [-0.25, -0.2) is 4.99 Å². The number of nitrogens with one attached hydrogen (secondary N) is 2. The summed E-state index contributed by atoms with van der Waals surface area (Å²) in [5.74, 6) is 1.12. The summed E-state index contributed by atoms with van der Waals surface area (Å²) in [4.78, 5) is 17.5. The van der Waals surface area contributed by atoms with Crippen LogP contribution in [0.3, 0.4) is 0 Å². The van der Waals surface area contributed by atoms with Crippen LogP contribution in [-0.4, -0.2) is 50.5 Å². The quantitative estimate of drug-likeness (QED) is 0.369. The Balaban J connectivity index is 0.00000529. The predicted molar refractivity (Wildman–Crippen MR) is 112 cm³/mol. The third-order valence-corrected chi connectivity index (χ3v) is 3.56. The fourth-order valence-corrected chi connectivity index (χ4v) is 2.01. The molecular formula is C17H28ClIN4O. The predicted octanol–water partition coefficient (Wildman–Crippen LogP) is 2.78. The molecular weight excluding hydrogens is 439 g/mol. The Labute approximate surface area is 167 Å². The molecule has 0 fully saturated rings. The topological polar surface area (TPSA) is 56.7 Å². The molecule has 0 bridgehead atoms. The molecule has 0 aromatic heterocycles. The molecule has 0 aliphatic carbocycles. The van der Waals surface area contributed by atoms with Gasteiger partial charge in [-0.3, -0.25) is 4.79 Å². The van der Waals surface area contributed by atoms with Crippen molar-refractivity contribution in [3.05, 3.63) is 34.9 Å². The number of hydrogen-bond acceptors (Lipinski definition) is 2. The highest BCUT2D eigenvalue weighted by atomic mass is 127. The van der Waals surface area contributed by atoms with Gasteiger partial charge < -0.3 is 15.5 Å². The second kappa shape index (κ2) is 12.4. The van der Waals surface area contributed by atoms with Crippen molar-refractivity contribution in [3.8, 4) is 0 Å². The van der Waals surface area contributed by atoms with Gasteiger partial charge in [0.25, 0.3) is 0 Å². The highest BCUT2D eigenvalue weighted by Crippen LogP contribution is 2.14. The third-order valence-electron chi connectivity index (χ3n) is 3.19. The van der Waals surface area contributed by atoms with Crippen LogP contribution >= 0.6 is 35.6 Å². The number of hydrogen-bond donors (Lipinski definition) is 2. The van der Waals surface area contributed by atoms with Gasteiger partial charge in [0, 0.05) is 32.2 Å². The first-order chi connectivity index (χ1) is 10.9. The lowest BCUT2D eigenvalue weighted by atomic mass is 10.1. The molecule has 136 valence electrons. The Morgan fingerprint density at radius 3 is 2.50 bits per heavy atom. The minimum atomic E-state index is -0.0262. The van der Waals surface area contributed by atoms with Crippen molar-refractivity contribution in [1.82, 2.24) is 15.5 Å². The summed E-state index contributed by atoms with van der Waals surface area (Å²) < 4.78 is 0. The van der Waals surface area contributed by atoms with Crippen molar-refractivity contribution in [2.24, 2.45) is 10.9 Å². The number of carbonyl (C=O) groups excluding carboxylic acids is 1. The first kappa shape index (κ1) is 23.0. The van der Waals surface area contributed by atoms with Crippen LogP contribution in [0.5, 0.6) is 0 Å². The van der Waals surface area contributed by atoms with Gasteiger partial charge in [-0.2, -0.15) is 0 Å². The molecule has 0 spiro atoms. The van der Waals surface area contributed by atoms with Crippen LogP contribution < -0.4 is 10.6 Å². The number of benzene rings is 1. The highest BCUT2D eigenvalue weighted by molar-refractivity contribution is 14.0. The lowest BCUT2D eigenvalue weighted by Gasteiger charge is -2.15. The largest absolute Gasteiger partial charge is 0.356 e. The molecule has 0 atom stereocenters. The Morgan fingerprint density at radius 1 is 1.25 bits per heavy atom. The van der Waals surface area contributed by atoms with Crippen LogP contribution in [0.1, 0.15) is 19.4 Å². The second-order valence-corrected chi connectivity index (χ2v) is 6.40. The molecule has 24 heavy (non-hydrogen) atoms. The van der Waals surface area contributed by atoms with Crippen LogP contribution in [0.25, 0.3) is 0 Å². The van der Waals surface area contributed by atoms with E-state index < -0.39 is 0 Å². The Morgan fingerprint density at radius 2 is 1.92 bits per heavy atom. The van der Waals surface area contributed by atoms with Crippen molar-refractivity contribution in [1.29, 1.82) is 0 Å². The minimum absolute atomic E-state index is 0. The van der Waals surface area contributed by atoms with Crippen molar-refractivity contribution < 1.29 is 4.79 Å². The number of rotatable bonds is 7. The summed E-state index contributed by atoms with van der Waals surface area (Å²) >= 11 is 6.16. The Hall–Kier alpha value is -1.02. The van der Waals surface area contributed by atoms with E-state index in [1.165, 1.54) is 4.90 Å². The SMILES string of the molecule is CC(C)CNC(=NCC(=O)N(C)C)NCCc1ccccc1Cl.I. The number of guanidine groups is 1. The zero-order valence-corrected chi connectivity index (χ0v) is 17.9. The average molecular weight is 467 g/mol. The maximum absolute atomic E-state index is 11.7. The monoisotopic (exact) mass is 466 g/mol. The van der Waals surface area contributed by atoms with Crippen molar-refractivity contribution in [2.75, 3.05) is 33.7 Å². The van der Waals surface area contributed by atoms with Crippen molar-refractivity contribution in [2.45, 2.75) is 20.3 Å². The molecule has 0 heterocycles. The van der Waals surface area contributed by atoms with Gasteiger partial charge in [0.2, 0.25) is 5.91 Å². The molecule has 0 radical (unpaired) electrons. The number of carbonyl (C=O) groups is 1. The first-order valence-corrected chi connectivity index (χ1v) is 8.23. The van der Waals surface area contributed by atoms with Gasteiger partial charge >= 0.3 is 0 Å². The smallest absolute Gasteiger partial charge is 0.243 e. The van der Waals surface area contributed by atoms with E-state index in [0.29, 0.717) is 18.4 Å². The summed E-state index contributed by atoms with van der Waals surface area (Å²) in [6.45, 7) is 5.88. The van der Waals surface area contributed by atoms with E-state index in [1.807, 2.05) is 24.3 Å². The minimum Gasteiger partial charge on any atom is -0.356 e. The molecule has 0 saturated heterocycles. The van der Waals surface area contributed by atoms with Gasteiger partial charge in [0.1, 0.15) is 6.54 Å². The molecule has 1 aromatic carbocycles. The fraction of sp³-hybridized carbons (Fsp3) is 0.529. The maximum Gasteiger partial charge on any atom is 0.243 e. The standard InChI is InChI=1S/C17H27ClN4O.HI/c1-13(2)11-20-17(21-12-16(23)22(3)4)19-10-9-14-7-5-6-8-15(14)18;/h5-8,13H,9-12H2,1-4H3,(H2,19,20,21);1H. The van der Waals surface area contributed by atoms with Gasteiger partial charge in [-0.1, -0.05) is 43.6 Å². The number of halogens is 2. The van der Waals surface area contributed by atoms with Crippen LogP contribution in [-0.2, 0) is 11.2 Å². The lowest BCUT2D eigenvalue weighted by Crippen LogP contribution is -2.41. The summed E-state index contributed by atoms with van der Waals surface area (Å²) in [5.41, 5.74) is 1.09. The van der Waals surface area contributed by atoms with E-state index in [4.69, 9.17) is 11.6 Å². The molecule has 1 amide bonds. The highest BCUT2D eigenvalue weighted by Gasteiger charge is 2.06.